The minimum atomic E-state index is 0.290. The lowest BCUT2D eigenvalue weighted by atomic mass is 9.94. The van der Waals surface area contributed by atoms with Crippen LogP contribution in [0.15, 0.2) is 54.9 Å². The number of nitrogen functional groups attached to an aromatic ring is 1. The summed E-state index contributed by atoms with van der Waals surface area (Å²) in [5.74, 6) is 2.09. The molecular weight excluding hydrogens is 436 g/mol. The standard InChI is InChI=1S/C28H34N6O/c1-19-16-20(10-11-23(19)35-22-8-6-5-7-9-22)25-24-26(29)30-18-31-27(24)34(32-25)21-12-14-33(15-13-21)17-28(2,3)4/h5-11,16,18,21H,12-15,17H2,1-4H3,(H2,29,30,31). The molecule has 0 unspecified atom stereocenters. The molecule has 2 aromatic heterocycles. The first kappa shape index (κ1) is 23.3. The summed E-state index contributed by atoms with van der Waals surface area (Å²) in [6.07, 6.45) is 3.62. The van der Waals surface area contributed by atoms with E-state index in [4.69, 9.17) is 15.6 Å². The average molecular weight is 471 g/mol. The molecule has 0 amide bonds. The van der Waals surface area contributed by atoms with Gasteiger partial charge in [-0.2, -0.15) is 5.10 Å². The van der Waals surface area contributed by atoms with Gasteiger partial charge in [-0.25, -0.2) is 14.6 Å². The van der Waals surface area contributed by atoms with Gasteiger partial charge >= 0.3 is 0 Å². The molecule has 7 nitrogen and oxygen atoms in total. The Bertz CT molecular complexity index is 1320. The van der Waals surface area contributed by atoms with Gasteiger partial charge in [0, 0.05) is 25.2 Å². The highest BCUT2D eigenvalue weighted by atomic mass is 16.5. The van der Waals surface area contributed by atoms with Crippen molar-refractivity contribution < 1.29 is 4.74 Å². The molecule has 2 N–H and O–H groups in total. The number of aryl methyl sites for hydroxylation is 1. The molecule has 3 heterocycles. The third kappa shape index (κ3) is 5.00. The molecule has 0 saturated carbocycles. The molecular formula is C28H34N6O. The Kier molecular flexibility index (Phi) is 6.19. The van der Waals surface area contributed by atoms with Gasteiger partial charge in [-0.1, -0.05) is 39.0 Å². The molecule has 1 saturated heterocycles. The second kappa shape index (κ2) is 9.30. The molecule has 0 atom stereocenters. The first-order valence-electron chi connectivity index (χ1n) is 12.3. The molecule has 2 aromatic carbocycles. The highest BCUT2D eigenvalue weighted by Gasteiger charge is 2.27. The van der Waals surface area contributed by atoms with E-state index in [1.807, 2.05) is 49.4 Å². The molecule has 7 heteroatoms. The van der Waals surface area contributed by atoms with Gasteiger partial charge in [-0.15, -0.1) is 0 Å². The Morgan fingerprint density at radius 2 is 1.77 bits per heavy atom. The van der Waals surface area contributed by atoms with E-state index < -0.39 is 0 Å². The van der Waals surface area contributed by atoms with Crippen LogP contribution in [0.1, 0.15) is 45.2 Å². The van der Waals surface area contributed by atoms with E-state index >= 15 is 0 Å². The SMILES string of the molecule is Cc1cc(-c2nn(C3CCN(CC(C)(C)C)CC3)c3ncnc(N)c23)ccc1Oc1ccccc1. The van der Waals surface area contributed by atoms with Gasteiger partial charge in [0.2, 0.25) is 0 Å². The molecule has 0 aliphatic carbocycles. The largest absolute Gasteiger partial charge is 0.457 e. The predicted molar refractivity (Wildman–Crippen MR) is 141 cm³/mol. The van der Waals surface area contributed by atoms with E-state index in [1.165, 1.54) is 6.33 Å². The zero-order chi connectivity index (χ0) is 24.6. The Labute approximate surface area is 206 Å². The molecule has 1 aliphatic heterocycles. The normalized spacial score (nSPS) is 15.5. The van der Waals surface area contributed by atoms with Crippen molar-refractivity contribution in [3.63, 3.8) is 0 Å². The minimum Gasteiger partial charge on any atom is -0.457 e. The van der Waals surface area contributed by atoms with Gasteiger partial charge < -0.3 is 15.4 Å². The first-order chi connectivity index (χ1) is 16.8. The van der Waals surface area contributed by atoms with Gasteiger partial charge in [-0.05, 0) is 61.1 Å². The van der Waals surface area contributed by atoms with Crippen LogP contribution in [0, 0.1) is 12.3 Å². The maximum absolute atomic E-state index is 6.36. The maximum atomic E-state index is 6.36. The van der Waals surface area contributed by atoms with Crippen LogP contribution in [0.3, 0.4) is 0 Å². The summed E-state index contributed by atoms with van der Waals surface area (Å²) in [6, 6.07) is 16.2. The molecule has 35 heavy (non-hydrogen) atoms. The lowest BCUT2D eigenvalue weighted by molar-refractivity contribution is 0.136. The van der Waals surface area contributed by atoms with Crippen molar-refractivity contribution in [2.75, 3.05) is 25.4 Å². The van der Waals surface area contributed by atoms with Crippen molar-refractivity contribution in [1.29, 1.82) is 0 Å². The van der Waals surface area contributed by atoms with Crippen LogP contribution < -0.4 is 10.5 Å². The number of para-hydroxylation sites is 1. The van der Waals surface area contributed by atoms with Crippen molar-refractivity contribution >= 4 is 16.9 Å². The number of anilines is 1. The fourth-order valence-corrected chi connectivity index (χ4v) is 4.97. The second-order valence-corrected chi connectivity index (χ2v) is 10.7. The Balaban J connectivity index is 1.45. The van der Waals surface area contributed by atoms with Crippen molar-refractivity contribution in [3.8, 4) is 22.8 Å². The molecule has 182 valence electrons. The Morgan fingerprint density at radius 1 is 1.03 bits per heavy atom. The summed E-state index contributed by atoms with van der Waals surface area (Å²) in [5.41, 5.74) is 10.3. The van der Waals surface area contributed by atoms with Crippen molar-refractivity contribution in [1.82, 2.24) is 24.6 Å². The van der Waals surface area contributed by atoms with Crippen LogP contribution in [-0.4, -0.2) is 44.3 Å². The fraction of sp³-hybridized carbons (Fsp3) is 0.393. The lowest BCUT2D eigenvalue weighted by Gasteiger charge is -2.36. The smallest absolute Gasteiger partial charge is 0.164 e. The molecule has 0 bridgehead atoms. The fourth-order valence-electron chi connectivity index (χ4n) is 4.97. The lowest BCUT2D eigenvalue weighted by Crippen LogP contribution is -2.39. The molecule has 1 aliphatic rings. The number of hydrogen-bond donors (Lipinski definition) is 1. The summed E-state index contributed by atoms with van der Waals surface area (Å²) < 4.78 is 8.16. The molecule has 0 radical (unpaired) electrons. The monoisotopic (exact) mass is 470 g/mol. The number of nitrogens with zero attached hydrogens (tertiary/aromatic N) is 5. The number of likely N-dealkylation sites (tertiary alicyclic amines) is 1. The zero-order valence-corrected chi connectivity index (χ0v) is 21.0. The topological polar surface area (TPSA) is 82.1 Å². The van der Waals surface area contributed by atoms with E-state index in [1.54, 1.807) is 0 Å². The van der Waals surface area contributed by atoms with Crippen LogP contribution >= 0.6 is 0 Å². The van der Waals surface area contributed by atoms with E-state index in [2.05, 4.69) is 46.4 Å². The van der Waals surface area contributed by atoms with Gasteiger partial charge in [0.15, 0.2) is 5.65 Å². The summed E-state index contributed by atoms with van der Waals surface area (Å²) in [6.45, 7) is 12.2. The number of benzene rings is 2. The second-order valence-electron chi connectivity index (χ2n) is 10.7. The number of piperidine rings is 1. The quantitative estimate of drug-likeness (QED) is 0.393. The van der Waals surface area contributed by atoms with Crippen LogP contribution in [0.4, 0.5) is 5.82 Å². The van der Waals surface area contributed by atoms with Gasteiger partial charge in [0.05, 0.1) is 11.4 Å². The molecule has 5 rings (SSSR count). The average Bonchev–Trinajstić information content (AvgIpc) is 3.22. The number of rotatable bonds is 5. The third-order valence-corrected chi connectivity index (χ3v) is 6.54. The van der Waals surface area contributed by atoms with Crippen molar-refractivity contribution in [2.45, 2.75) is 46.6 Å². The van der Waals surface area contributed by atoms with Crippen LogP contribution in [0.25, 0.3) is 22.3 Å². The van der Waals surface area contributed by atoms with E-state index in [0.29, 0.717) is 17.3 Å². The predicted octanol–water partition coefficient (Wildman–Crippen LogP) is 5.86. The van der Waals surface area contributed by atoms with E-state index in [-0.39, 0.29) is 0 Å². The number of ether oxygens (including phenoxy) is 1. The van der Waals surface area contributed by atoms with E-state index in [0.717, 1.165) is 71.8 Å². The first-order valence-corrected chi connectivity index (χ1v) is 12.3. The summed E-state index contributed by atoms with van der Waals surface area (Å²) >= 11 is 0. The van der Waals surface area contributed by atoms with Crippen LogP contribution in [0.5, 0.6) is 11.5 Å². The maximum Gasteiger partial charge on any atom is 0.164 e. The van der Waals surface area contributed by atoms with Crippen LogP contribution in [0.2, 0.25) is 0 Å². The highest BCUT2D eigenvalue weighted by molar-refractivity contribution is 5.98. The Hall–Kier alpha value is -3.45. The summed E-state index contributed by atoms with van der Waals surface area (Å²) in [5, 5.41) is 5.89. The number of nitrogens with two attached hydrogens (primary N) is 1. The molecule has 4 aromatic rings. The minimum absolute atomic E-state index is 0.290. The zero-order valence-electron chi connectivity index (χ0n) is 21.0. The third-order valence-electron chi connectivity index (χ3n) is 6.54. The number of hydrogen-bond acceptors (Lipinski definition) is 6. The number of aromatic nitrogens is 4. The Morgan fingerprint density at radius 3 is 2.46 bits per heavy atom. The van der Waals surface area contributed by atoms with E-state index in [9.17, 15) is 0 Å². The molecule has 0 spiro atoms. The summed E-state index contributed by atoms with van der Waals surface area (Å²) in [7, 11) is 0. The molecule has 1 fully saturated rings. The number of fused-ring (bicyclic) bond motifs is 1. The summed E-state index contributed by atoms with van der Waals surface area (Å²) in [4.78, 5) is 11.4. The van der Waals surface area contributed by atoms with Crippen LogP contribution in [-0.2, 0) is 0 Å². The van der Waals surface area contributed by atoms with Gasteiger partial charge in [0.25, 0.3) is 0 Å². The van der Waals surface area contributed by atoms with Crippen molar-refractivity contribution in [3.05, 3.63) is 60.4 Å². The van der Waals surface area contributed by atoms with Gasteiger partial charge in [-0.3, -0.25) is 0 Å². The highest BCUT2D eigenvalue weighted by Crippen LogP contribution is 2.36. The van der Waals surface area contributed by atoms with Gasteiger partial charge in [0.1, 0.15) is 29.3 Å². The van der Waals surface area contributed by atoms with Crippen molar-refractivity contribution in [2.24, 2.45) is 5.41 Å².